The van der Waals surface area contributed by atoms with Crippen molar-refractivity contribution >= 4 is 5.96 Å². The van der Waals surface area contributed by atoms with Crippen LogP contribution in [-0.2, 0) is 22.4 Å². The van der Waals surface area contributed by atoms with E-state index in [0.29, 0.717) is 6.61 Å². The molecule has 1 aromatic heterocycles. The number of guanidine groups is 1. The Morgan fingerprint density at radius 3 is 2.86 bits per heavy atom. The molecule has 1 aromatic carbocycles. The molecule has 2 aliphatic rings. The molecule has 2 aliphatic heterocycles. The highest BCUT2D eigenvalue weighted by atomic mass is 16.5. The maximum absolute atomic E-state index is 5.96. The topological polar surface area (TPSA) is 63.9 Å². The molecular weight excluding hydrogens is 366 g/mol. The van der Waals surface area contributed by atoms with E-state index >= 15 is 0 Å². The van der Waals surface area contributed by atoms with Gasteiger partial charge >= 0.3 is 0 Å². The van der Waals surface area contributed by atoms with Crippen LogP contribution in [0.2, 0.25) is 0 Å². The zero-order valence-corrected chi connectivity index (χ0v) is 17.2. The molecule has 0 saturated carbocycles. The van der Waals surface area contributed by atoms with Crippen molar-refractivity contribution in [2.45, 2.75) is 38.0 Å². The van der Waals surface area contributed by atoms with E-state index < -0.39 is 0 Å². The van der Waals surface area contributed by atoms with Gasteiger partial charge in [-0.05, 0) is 18.4 Å². The Balaban J connectivity index is 1.29. The summed E-state index contributed by atoms with van der Waals surface area (Å²) in [6, 6.07) is 10.5. The van der Waals surface area contributed by atoms with Crippen LogP contribution in [0.1, 0.15) is 24.2 Å². The van der Waals surface area contributed by atoms with Crippen molar-refractivity contribution in [3.8, 4) is 0 Å². The second-order valence-corrected chi connectivity index (χ2v) is 7.59. The molecule has 3 heterocycles. The van der Waals surface area contributed by atoms with Crippen molar-refractivity contribution in [3.05, 3.63) is 54.1 Å². The number of aliphatic imine (C=N–C) groups is 1. The average molecular weight is 398 g/mol. The minimum atomic E-state index is 0.134. The van der Waals surface area contributed by atoms with Gasteiger partial charge in [-0.1, -0.05) is 30.3 Å². The number of nitrogens with one attached hydrogen (secondary N) is 1. The summed E-state index contributed by atoms with van der Waals surface area (Å²) in [5.74, 6) is 2.01. The number of benzene rings is 1. The molecule has 29 heavy (non-hydrogen) atoms. The van der Waals surface area contributed by atoms with Gasteiger partial charge in [0.2, 0.25) is 0 Å². The van der Waals surface area contributed by atoms with E-state index in [2.05, 4.69) is 49.0 Å². The number of hydrogen-bond donors (Lipinski definition) is 1. The van der Waals surface area contributed by atoms with Crippen LogP contribution in [-0.4, -0.2) is 72.5 Å². The first-order valence-electron chi connectivity index (χ1n) is 10.6. The van der Waals surface area contributed by atoms with E-state index in [1.165, 1.54) is 5.56 Å². The molecule has 0 radical (unpaired) electrons. The summed E-state index contributed by atoms with van der Waals surface area (Å²) in [5.41, 5.74) is 1.28. The first kappa shape index (κ1) is 19.9. The number of aromatic nitrogens is 2. The van der Waals surface area contributed by atoms with Crippen molar-refractivity contribution in [2.75, 3.05) is 39.9 Å². The minimum absolute atomic E-state index is 0.134. The number of morpholine rings is 1. The second-order valence-electron chi connectivity index (χ2n) is 7.59. The number of hydrogen-bond acceptors (Lipinski definition) is 4. The Kier molecular flexibility index (Phi) is 6.79. The quantitative estimate of drug-likeness (QED) is 0.596. The summed E-state index contributed by atoms with van der Waals surface area (Å²) in [4.78, 5) is 11.3. The standard InChI is InChI=1S/C22H31N5O2/c1-23-22(27-13-15-29-20(17-27)19-8-5-14-28-19)25-10-9-21-24-11-12-26(21)16-18-6-3-2-4-7-18/h2-4,6-7,11-12,19-20H,5,8-10,13-17H2,1H3,(H,23,25). The lowest BCUT2D eigenvalue weighted by molar-refractivity contribution is -0.0816. The van der Waals surface area contributed by atoms with Crippen LogP contribution in [0.5, 0.6) is 0 Å². The summed E-state index contributed by atoms with van der Waals surface area (Å²) >= 11 is 0. The molecular formula is C22H31N5O2. The molecule has 0 bridgehead atoms. The lowest BCUT2D eigenvalue weighted by Crippen LogP contribution is -2.53. The van der Waals surface area contributed by atoms with E-state index in [4.69, 9.17) is 9.47 Å². The fourth-order valence-electron chi connectivity index (χ4n) is 4.10. The van der Waals surface area contributed by atoms with E-state index in [1.807, 2.05) is 25.5 Å². The van der Waals surface area contributed by atoms with Gasteiger partial charge in [0.05, 0.1) is 12.7 Å². The van der Waals surface area contributed by atoms with Gasteiger partial charge in [-0.3, -0.25) is 4.99 Å². The van der Waals surface area contributed by atoms with Gasteiger partial charge in [-0.25, -0.2) is 4.98 Å². The molecule has 2 fully saturated rings. The molecule has 0 spiro atoms. The molecule has 0 amide bonds. The summed E-state index contributed by atoms with van der Waals surface area (Å²) in [5, 5.41) is 3.51. The summed E-state index contributed by atoms with van der Waals surface area (Å²) in [7, 11) is 1.84. The van der Waals surface area contributed by atoms with Crippen LogP contribution in [0.3, 0.4) is 0 Å². The Morgan fingerprint density at radius 2 is 2.07 bits per heavy atom. The van der Waals surface area contributed by atoms with E-state index in [9.17, 15) is 0 Å². The zero-order valence-electron chi connectivity index (χ0n) is 17.2. The first-order chi connectivity index (χ1) is 14.3. The van der Waals surface area contributed by atoms with Crippen molar-refractivity contribution < 1.29 is 9.47 Å². The van der Waals surface area contributed by atoms with Crippen molar-refractivity contribution in [1.29, 1.82) is 0 Å². The number of imidazole rings is 1. The maximum Gasteiger partial charge on any atom is 0.193 e. The lowest BCUT2D eigenvalue weighted by Gasteiger charge is -2.37. The van der Waals surface area contributed by atoms with Crippen LogP contribution >= 0.6 is 0 Å². The van der Waals surface area contributed by atoms with Crippen molar-refractivity contribution in [2.24, 2.45) is 4.99 Å². The molecule has 2 atom stereocenters. The molecule has 2 aromatic rings. The largest absolute Gasteiger partial charge is 0.375 e. The Hall–Kier alpha value is -2.38. The Morgan fingerprint density at radius 1 is 1.21 bits per heavy atom. The molecule has 2 unspecified atom stereocenters. The van der Waals surface area contributed by atoms with E-state index in [1.54, 1.807) is 0 Å². The summed E-state index contributed by atoms with van der Waals surface area (Å²) in [6.45, 7) is 4.89. The van der Waals surface area contributed by atoms with E-state index in [-0.39, 0.29) is 12.2 Å². The highest BCUT2D eigenvalue weighted by Gasteiger charge is 2.32. The third kappa shape index (κ3) is 5.16. The van der Waals surface area contributed by atoms with Crippen molar-refractivity contribution in [1.82, 2.24) is 19.8 Å². The van der Waals surface area contributed by atoms with Gasteiger partial charge in [-0.2, -0.15) is 0 Å². The fourth-order valence-corrected chi connectivity index (χ4v) is 4.10. The van der Waals surface area contributed by atoms with Gasteiger partial charge in [-0.15, -0.1) is 0 Å². The normalized spacial score (nSPS) is 22.8. The van der Waals surface area contributed by atoms with Gasteiger partial charge < -0.3 is 24.3 Å². The van der Waals surface area contributed by atoms with E-state index in [0.717, 1.165) is 63.8 Å². The van der Waals surface area contributed by atoms with Gasteiger partial charge in [0, 0.05) is 58.6 Å². The smallest absolute Gasteiger partial charge is 0.193 e. The fraction of sp³-hybridized carbons (Fsp3) is 0.545. The molecule has 156 valence electrons. The lowest BCUT2D eigenvalue weighted by atomic mass is 10.1. The predicted octanol–water partition coefficient (Wildman–Crippen LogP) is 1.93. The van der Waals surface area contributed by atoms with Crippen LogP contribution in [0, 0.1) is 0 Å². The maximum atomic E-state index is 5.96. The number of nitrogens with zero attached hydrogens (tertiary/aromatic N) is 4. The van der Waals surface area contributed by atoms with Gasteiger partial charge in [0.1, 0.15) is 11.9 Å². The van der Waals surface area contributed by atoms with Crippen LogP contribution in [0.25, 0.3) is 0 Å². The highest BCUT2D eigenvalue weighted by molar-refractivity contribution is 5.80. The molecule has 0 aliphatic carbocycles. The van der Waals surface area contributed by atoms with Crippen LogP contribution < -0.4 is 5.32 Å². The molecule has 7 nitrogen and oxygen atoms in total. The monoisotopic (exact) mass is 397 g/mol. The van der Waals surface area contributed by atoms with Crippen LogP contribution in [0.4, 0.5) is 0 Å². The SMILES string of the molecule is CN=C(NCCc1nccn1Cc1ccccc1)N1CCOC(C2CCCO2)C1. The number of rotatable bonds is 6. The second kappa shape index (κ2) is 9.89. The predicted molar refractivity (Wildman–Crippen MR) is 113 cm³/mol. The third-order valence-corrected chi connectivity index (χ3v) is 5.61. The zero-order chi connectivity index (χ0) is 19.9. The van der Waals surface area contributed by atoms with Gasteiger partial charge in [0.25, 0.3) is 0 Å². The average Bonchev–Trinajstić information content (AvgIpc) is 3.45. The number of ether oxygens (including phenoxy) is 2. The van der Waals surface area contributed by atoms with Crippen LogP contribution in [0.15, 0.2) is 47.7 Å². The Bertz CT molecular complexity index is 786. The summed E-state index contributed by atoms with van der Waals surface area (Å²) in [6.07, 6.45) is 7.35. The summed E-state index contributed by atoms with van der Waals surface area (Å²) < 4.78 is 14.0. The Labute approximate surface area is 172 Å². The molecule has 7 heteroatoms. The van der Waals surface area contributed by atoms with Crippen molar-refractivity contribution in [3.63, 3.8) is 0 Å². The molecule has 2 saturated heterocycles. The first-order valence-corrected chi connectivity index (χ1v) is 10.6. The molecule has 1 N–H and O–H groups in total. The third-order valence-electron chi connectivity index (χ3n) is 5.61. The molecule has 4 rings (SSSR count). The highest BCUT2D eigenvalue weighted by Crippen LogP contribution is 2.21. The minimum Gasteiger partial charge on any atom is -0.375 e. The van der Waals surface area contributed by atoms with Gasteiger partial charge in [0.15, 0.2) is 5.96 Å².